The zero-order valence-corrected chi connectivity index (χ0v) is 20.0. The summed E-state index contributed by atoms with van der Waals surface area (Å²) in [6.07, 6.45) is 5.80. The van der Waals surface area contributed by atoms with E-state index in [1.807, 2.05) is 13.8 Å². The van der Waals surface area contributed by atoms with Crippen LogP contribution >= 0.6 is 0 Å². The Labute approximate surface area is 188 Å². The smallest absolute Gasteiger partial charge is 0.408 e. The maximum atomic E-state index is 13.0. The van der Waals surface area contributed by atoms with Gasteiger partial charge in [-0.3, -0.25) is 4.79 Å². The van der Waals surface area contributed by atoms with Crippen LogP contribution in [-0.2, 0) is 9.53 Å². The van der Waals surface area contributed by atoms with E-state index >= 15 is 0 Å². The normalized spacial score (nSPS) is 19.2. The molecule has 1 saturated carbocycles. The van der Waals surface area contributed by atoms with Crippen LogP contribution in [0.2, 0.25) is 0 Å². The van der Waals surface area contributed by atoms with Gasteiger partial charge in [-0.05, 0) is 51.9 Å². The third-order valence-corrected chi connectivity index (χ3v) is 5.57. The summed E-state index contributed by atoms with van der Waals surface area (Å²) in [5, 5.41) is 26.9. The molecule has 0 spiro atoms. The Balaban J connectivity index is 2.89. The van der Waals surface area contributed by atoms with Crippen molar-refractivity contribution in [3.8, 4) is 0 Å². The number of hydrogen-bond acceptors (Lipinski definition) is 5. The molecule has 0 aliphatic heterocycles. The van der Waals surface area contributed by atoms with Gasteiger partial charge in [-0.25, -0.2) is 4.79 Å². The van der Waals surface area contributed by atoms with Crippen LogP contribution in [0.15, 0.2) is 12.7 Å². The SMILES string of the molecule is C=CC[C@@H](NC(=O)OC(C)(C)C)C(=O)N[C@@H](CC1CCCCC1)[C@@H](O)[C@@H](O)CC(C)C. The number of amides is 2. The van der Waals surface area contributed by atoms with E-state index in [9.17, 15) is 19.8 Å². The fourth-order valence-corrected chi connectivity index (χ4v) is 4.09. The topological polar surface area (TPSA) is 108 Å². The van der Waals surface area contributed by atoms with E-state index in [0.717, 1.165) is 25.7 Å². The summed E-state index contributed by atoms with van der Waals surface area (Å²) >= 11 is 0. The van der Waals surface area contributed by atoms with Crippen molar-refractivity contribution in [2.75, 3.05) is 0 Å². The van der Waals surface area contributed by atoms with Crippen molar-refractivity contribution >= 4 is 12.0 Å². The van der Waals surface area contributed by atoms with Crippen molar-refractivity contribution in [2.24, 2.45) is 11.8 Å². The predicted molar refractivity (Wildman–Crippen MR) is 123 cm³/mol. The van der Waals surface area contributed by atoms with E-state index in [1.165, 1.54) is 6.42 Å². The average Bonchev–Trinajstić information content (AvgIpc) is 2.65. The Morgan fingerprint density at radius 3 is 2.26 bits per heavy atom. The lowest BCUT2D eigenvalue weighted by molar-refractivity contribution is -0.126. The minimum atomic E-state index is -1.07. The third-order valence-electron chi connectivity index (χ3n) is 5.57. The number of hydrogen-bond donors (Lipinski definition) is 4. The highest BCUT2D eigenvalue weighted by Crippen LogP contribution is 2.29. The molecular weight excluding hydrogens is 396 g/mol. The molecule has 0 aromatic carbocycles. The molecule has 1 fully saturated rings. The monoisotopic (exact) mass is 440 g/mol. The van der Waals surface area contributed by atoms with Gasteiger partial charge >= 0.3 is 6.09 Å². The lowest BCUT2D eigenvalue weighted by Crippen LogP contribution is -2.55. The van der Waals surface area contributed by atoms with Crippen LogP contribution in [0.25, 0.3) is 0 Å². The van der Waals surface area contributed by atoms with E-state index in [-0.39, 0.29) is 12.3 Å². The second-order valence-electron chi connectivity index (χ2n) is 10.3. The van der Waals surface area contributed by atoms with Crippen LogP contribution in [0.4, 0.5) is 4.79 Å². The molecule has 0 aromatic rings. The molecule has 180 valence electrons. The Morgan fingerprint density at radius 2 is 1.74 bits per heavy atom. The molecule has 0 saturated heterocycles. The summed E-state index contributed by atoms with van der Waals surface area (Å²) < 4.78 is 5.27. The minimum absolute atomic E-state index is 0.220. The number of carbonyl (C=O) groups is 2. The maximum absolute atomic E-state index is 13.0. The van der Waals surface area contributed by atoms with Gasteiger partial charge in [-0.15, -0.1) is 6.58 Å². The van der Waals surface area contributed by atoms with Crippen LogP contribution in [0.3, 0.4) is 0 Å². The molecule has 7 heteroatoms. The molecule has 4 atom stereocenters. The predicted octanol–water partition coefficient (Wildman–Crippen LogP) is 3.68. The summed E-state index contributed by atoms with van der Waals surface area (Å²) in [4.78, 5) is 25.2. The molecule has 1 rings (SSSR count). The second kappa shape index (κ2) is 13.1. The van der Waals surface area contributed by atoms with Crippen LogP contribution < -0.4 is 10.6 Å². The van der Waals surface area contributed by atoms with Crippen molar-refractivity contribution < 1.29 is 24.5 Å². The van der Waals surface area contributed by atoms with Gasteiger partial charge < -0.3 is 25.6 Å². The standard InChI is InChI=1S/C24H44N2O5/c1-7-11-18(26-23(30)31-24(4,5)6)22(29)25-19(15-17-12-9-8-10-13-17)21(28)20(27)14-16(2)3/h7,16-21,27-28H,1,8-15H2,2-6H3,(H,25,29)(H,26,30)/t18-,19+,20+,21-/m1/s1. The number of aliphatic hydroxyl groups excluding tert-OH is 2. The Morgan fingerprint density at radius 1 is 1.13 bits per heavy atom. The Hall–Kier alpha value is -1.60. The first-order valence-corrected chi connectivity index (χ1v) is 11.7. The van der Waals surface area contributed by atoms with E-state index in [4.69, 9.17) is 4.74 Å². The number of ether oxygens (including phenoxy) is 1. The van der Waals surface area contributed by atoms with Gasteiger partial charge in [-0.1, -0.05) is 52.0 Å². The van der Waals surface area contributed by atoms with Gasteiger partial charge in [0.05, 0.1) is 12.1 Å². The first-order valence-electron chi connectivity index (χ1n) is 11.7. The van der Waals surface area contributed by atoms with Crippen LogP contribution in [0.1, 0.15) is 86.0 Å². The van der Waals surface area contributed by atoms with Crippen molar-refractivity contribution in [3.05, 3.63) is 12.7 Å². The Kier molecular flexibility index (Phi) is 11.6. The Bertz CT molecular complexity index is 567. The van der Waals surface area contributed by atoms with Crippen molar-refractivity contribution in [1.29, 1.82) is 0 Å². The first kappa shape index (κ1) is 27.4. The van der Waals surface area contributed by atoms with Crippen molar-refractivity contribution in [2.45, 2.75) is 116 Å². The zero-order chi connectivity index (χ0) is 23.6. The minimum Gasteiger partial charge on any atom is -0.444 e. The number of carbonyl (C=O) groups excluding carboxylic acids is 2. The van der Waals surface area contributed by atoms with Gasteiger partial charge in [0.15, 0.2) is 0 Å². The highest BCUT2D eigenvalue weighted by molar-refractivity contribution is 5.86. The van der Waals surface area contributed by atoms with Gasteiger partial charge in [0.25, 0.3) is 0 Å². The van der Waals surface area contributed by atoms with Crippen LogP contribution in [-0.4, -0.2) is 52.1 Å². The molecule has 0 bridgehead atoms. The number of aliphatic hydroxyl groups is 2. The summed E-state index contributed by atoms with van der Waals surface area (Å²) in [6, 6.07) is -1.45. The van der Waals surface area contributed by atoms with Gasteiger partial charge in [-0.2, -0.15) is 0 Å². The summed E-state index contributed by atoms with van der Waals surface area (Å²) in [6.45, 7) is 12.9. The maximum Gasteiger partial charge on any atom is 0.408 e. The van der Waals surface area contributed by atoms with Gasteiger partial charge in [0.1, 0.15) is 17.7 Å². The molecule has 0 unspecified atom stereocenters. The quantitative estimate of drug-likeness (QED) is 0.367. The average molecular weight is 441 g/mol. The number of alkyl carbamates (subject to hydrolysis) is 1. The molecule has 1 aliphatic carbocycles. The van der Waals surface area contributed by atoms with Gasteiger partial charge in [0.2, 0.25) is 5.91 Å². The first-order chi connectivity index (χ1) is 14.4. The number of rotatable bonds is 11. The third kappa shape index (κ3) is 11.0. The fraction of sp³-hybridized carbons (Fsp3) is 0.833. The highest BCUT2D eigenvalue weighted by atomic mass is 16.6. The van der Waals surface area contributed by atoms with E-state index in [2.05, 4.69) is 17.2 Å². The molecule has 0 radical (unpaired) electrons. The highest BCUT2D eigenvalue weighted by Gasteiger charge is 2.33. The van der Waals surface area contributed by atoms with Gasteiger partial charge in [0, 0.05) is 0 Å². The van der Waals surface area contributed by atoms with Crippen LogP contribution in [0, 0.1) is 11.8 Å². The molecule has 31 heavy (non-hydrogen) atoms. The van der Waals surface area contributed by atoms with E-state index in [0.29, 0.717) is 18.8 Å². The molecule has 7 nitrogen and oxygen atoms in total. The van der Waals surface area contributed by atoms with E-state index < -0.39 is 41.9 Å². The number of nitrogens with one attached hydrogen (secondary N) is 2. The second-order valence-corrected chi connectivity index (χ2v) is 10.3. The zero-order valence-electron chi connectivity index (χ0n) is 20.0. The largest absolute Gasteiger partial charge is 0.444 e. The fourth-order valence-electron chi connectivity index (χ4n) is 4.09. The molecule has 2 amide bonds. The van der Waals surface area contributed by atoms with Crippen molar-refractivity contribution in [1.82, 2.24) is 10.6 Å². The summed E-state index contributed by atoms with van der Waals surface area (Å²) in [5.41, 5.74) is -0.681. The molecular formula is C24H44N2O5. The van der Waals surface area contributed by atoms with E-state index in [1.54, 1.807) is 26.8 Å². The lowest BCUT2D eigenvalue weighted by atomic mass is 9.82. The lowest BCUT2D eigenvalue weighted by Gasteiger charge is -2.33. The molecule has 4 N–H and O–H groups in total. The summed E-state index contributed by atoms with van der Waals surface area (Å²) in [7, 11) is 0. The molecule has 0 aromatic heterocycles. The van der Waals surface area contributed by atoms with Crippen molar-refractivity contribution in [3.63, 3.8) is 0 Å². The molecule has 0 heterocycles. The van der Waals surface area contributed by atoms with Crippen LogP contribution in [0.5, 0.6) is 0 Å². The molecule has 1 aliphatic rings. The summed E-state index contributed by atoms with van der Waals surface area (Å²) in [5.74, 6) is 0.206.